The minimum Gasteiger partial charge on any atom is -0.371 e. The second-order valence-corrected chi connectivity index (χ2v) is 8.17. The van der Waals surface area contributed by atoms with Gasteiger partial charge in [0.2, 0.25) is 11.8 Å². The Labute approximate surface area is 185 Å². The first-order chi connectivity index (χ1) is 15.0. The number of aromatic nitrogens is 2. The van der Waals surface area contributed by atoms with E-state index in [0.717, 1.165) is 38.2 Å². The molecular weight excluding hydrogens is 394 g/mol. The molecule has 0 unspecified atom stereocenters. The van der Waals surface area contributed by atoms with Crippen LogP contribution < -0.4 is 0 Å². The Morgan fingerprint density at radius 1 is 1.19 bits per heavy atom. The van der Waals surface area contributed by atoms with E-state index in [1.54, 1.807) is 0 Å². The van der Waals surface area contributed by atoms with Crippen molar-refractivity contribution in [3.63, 3.8) is 0 Å². The van der Waals surface area contributed by atoms with E-state index in [1.165, 1.54) is 0 Å². The molecule has 2 atom stereocenters. The van der Waals surface area contributed by atoms with Crippen LogP contribution in [0.2, 0.25) is 0 Å². The number of rotatable bonds is 9. The second-order valence-electron chi connectivity index (χ2n) is 8.17. The van der Waals surface area contributed by atoms with Crippen LogP contribution in [0.3, 0.4) is 0 Å². The molecule has 0 bridgehead atoms. The van der Waals surface area contributed by atoms with E-state index in [2.05, 4.69) is 32.1 Å². The first-order valence-electron chi connectivity index (χ1n) is 11.2. The summed E-state index contributed by atoms with van der Waals surface area (Å²) >= 11 is 0. The van der Waals surface area contributed by atoms with Crippen molar-refractivity contribution in [1.82, 2.24) is 24.8 Å². The highest BCUT2D eigenvalue weighted by Crippen LogP contribution is 2.16. The molecule has 0 spiro atoms. The van der Waals surface area contributed by atoms with Crippen LogP contribution in [0, 0.1) is 0 Å². The van der Waals surface area contributed by atoms with Gasteiger partial charge in [-0.15, -0.1) is 0 Å². The zero-order valence-electron chi connectivity index (χ0n) is 19.2. The predicted octanol–water partition coefficient (Wildman–Crippen LogP) is 2.72. The number of amides is 1. The van der Waals surface area contributed by atoms with Crippen molar-refractivity contribution >= 4 is 5.91 Å². The molecule has 170 valence electrons. The zero-order chi connectivity index (χ0) is 22.2. The lowest BCUT2D eigenvalue weighted by Crippen LogP contribution is -2.46. The number of hydrogen-bond donors (Lipinski definition) is 0. The van der Waals surface area contributed by atoms with Crippen LogP contribution in [0.4, 0.5) is 0 Å². The number of likely N-dealkylation sites (N-methyl/N-ethyl adjacent to an activating group) is 1. The molecule has 1 saturated heterocycles. The summed E-state index contributed by atoms with van der Waals surface area (Å²) in [5, 5.41) is 4.05. The van der Waals surface area contributed by atoms with Gasteiger partial charge in [-0.1, -0.05) is 35.5 Å². The predicted molar refractivity (Wildman–Crippen MR) is 118 cm³/mol. The van der Waals surface area contributed by atoms with Gasteiger partial charge < -0.3 is 14.2 Å². The van der Waals surface area contributed by atoms with Crippen LogP contribution in [-0.2, 0) is 22.6 Å². The topological polar surface area (TPSA) is 74.9 Å². The van der Waals surface area contributed by atoms with Gasteiger partial charge in [-0.25, -0.2) is 0 Å². The normalized spacial score (nSPS) is 17.8. The van der Waals surface area contributed by atoms with Crippen molar-refractivity contribution in [1.29, 1.82) is 0 Å². The third kappa shape index (κ3) is 6.59. The molecule has 0 N–H and O–H groups in total. The van der Waals surface area contributed by atoms with Crippen molar-refractivity contribution in [3.05, 3.63) is 47.6 Å². The number of hydrogen-bond acceptors (Lipinski definition) is 7. The first-order valence-corrected chi connectivity index (χ1v) is 11.2. The third-order valence-corrected chi connectivity index (χ3v) is 5.79. The summed E-state index contributed by atoms with van der Waals surface area (Å²) in [5.41, 5.74) is 1.14. The fourth-order valence-electron chi connectivity index (χ4n) is 3.96. The Bertz CT molecular complexity index is 813. The van der Waals surface area contributed by atoms with E-state index in [0.29, 0.717) is 31.4 Å². The van der Waals surface area contributed by atoms with E-state index in [1.807, 2.05) is 50.9 Å². The molecular formula is C23H35N5O3. The number of ether oxygens (including phenoxy) is 1. The van der Waals surface area contributed by atoms with Crippen LogP contribution in [0.5, 0.6) is 0 Å². The van der Waals surface area contributed by atoms with Crippen molar-refractivity contribution in [2.75, 3.05) is 39.8 Å². The highest BCUT2D eigenvalue weighted by Gasteiger charge is 2.27. The van der Waals surface area contributed by atoms with Crippen LogP contribution >= 0.6 is 0 Å². The molecule has 2 heterocycles. The molecule has 0 saturated carbocycles. The van der Waals surface area contributed by atoms with Gasteiger partial charge in [0.05, 0.1) is 12.6 Å². The van der Waals surface area contributed by atoms with Gasteiger partial charge in [0.15, 0.2) is 5.82 Å². The summed E-state index contributed by atoms with van der Waals surface area (Å²) < 4.78 is 10.9. The van der Waals surface area contributed by atoms with E-state index in [-0.39, 0.29) is 18.1 Å². The number of benzene rings is 1. The minimum atomic E-state index is -0.165. The molecule has 8 nitrogen and oxygen atoms in total. The Morgan fingerprint density at radius 2 is 1.97 bits per heavy atom. The summed E-state index contributed by atoms with van der Waals surface area (Å²) in [6, 6.07) is 9.96. The van der Waals surface area contributed by atoms with E-state index < -0.39 is 0 Å². The average Bonchev–Trinajstić information content (AvgIpc) is 3.11. The molecule has 1 aromatic heterocycles. The third-order valence-electron chi connectivity index (χ3n) is 5.79. The van der Waals surface area contributed by atoms with Crippen LogP contribution in [0.1, 0.15) is 50.6 Å². The molecule has 3 rings (SSSR count). The Balaban J connectivity index is 1.50. The van der Waals surface area contributed by atoms with Gasteiger partial charge in [-0.2, -0.15) is 4.98 Å². The average molecular weight is 430 g/mol. The highest BCUT2D eigenvalue weighted by molar-refractivity contribution is 5.81. The molecule has 1 aliphatic rings. The summed E-state index contributed by atoms with van der Waals surface area (Å²) in [7, 11) is 1.88. The second kappa shape index (κ2) is 11.4. The number of carbonyl (C=O) groups excluding carboxylic acids is 1. The molecule has 1 aromatic carbocycles. The molecule has 8 heteroatoms. The molecule has 2 aromatic rings. The van der Waals surface area contributed by atoms with Gasteiger partial charge >= 0.3 is 0 Å². The summed E-state index contributed by atoms with van der Waals surface area (Å²) in [4.78, 5) is 23.9. The number of nitrogens with zero attached hydrogens (tertiary/aromatic N) is 5. The van der Waals surface area contributed by atoms with E-state index in [4.69, 9.17) is 9.26 Å². The van der Waals surface area contributed by atoms with Crippen molar-refractivity contribution in [3.8, 4) is 0 Å². The summed E-state index contributed by atoms with van der Waals surface area (Å²) in [6.07, 6.45) is 0.831. The van der Waals surface area contributed by atoms with E-state index in [9.17, 15) is 4.79 Å². The van der Waals surface area contributed by atoms with Crippen molar-refractivity contribution in [2.24, 2.45) is 0 Å². The van der Waals surface area contributed by atoms with Gasteiger partial charge in [0.25, 0.3) is 0 Å². The fraction of sp³-hybridized carbons (Fsp3) is 0.609. The van der Waals surface area contributed by atoms with Crippen LogP contribution in [-0.4, -0.2) is 76.6 Å². The van der Waals surface area contributed by atoms with Gasteiger partial charge in [0.1, 0.15) is 6.10 Å². The highest BCUT2D eigenvalue weighted by atomic mass is 16.5. The minimum absolute atomic E-state index is 0.143. The lowest BCUT2D eigenvalue weighted by molar-refractivity contribution is -0.135. The lowest BCUT2D eigenvalue weighted by Gasteiger charge is -2.30. The van der Waals surface area contributed by atoms with Crippen LogP contribution in [0.15, 0.2) is 34.9 Å². The largest absolute Gasteiger partial charge is 0.371 e. The molecule has 1 aliphatic heterocycles. The van der Waals surface area contributed by atoms with E-state index >= 15 is 0 Å². The Morgan fingerprint density at radius 3 is 2.71 bits per heavy atom. The maximum absolute atomic E-state index is 13.0. The number of carbonyl (C=O) groups is 1. The first kappa shape index (κ1) is 23.4. The quantitative estimate of drug-likeness (QED) is 0.607. The maximum atomic E-state index is 13.0. The Hall–Kier alpha value is -2.29. The summed E-state index contributed by atoms with van der Waals surface area (Å²) in [5.74, 6) is 1.36. The monoisotopic (exact) mass is 429 g/mol. The molecule has 1 fully saturated rings. The summed E-state index contributed by atoms with van der Waals surface area (Å²) in [6.45, 7) is 11.3. The van der Waals surface area contributed by atoms with Crippen LogP contribution in [0.25, 0.3) is 0 Å². The lowest BCUT2D eigenvalue weighted by atomic mass is 10.2. The molecule has 0 aliphatic carbocycles. The smallest absolute Gasteiger partial charge is 0.240 e. The molecule has 31 heavy (non-hydrogen) atoms. The van der Waals surface area contributed by atoms with Gasteiger partial charge in [0, 0.05) is 39.8 Å². The fourth-order valence-corrected chi connectivity index (χ4v) is 3.96. The molecule has 1 amide bonds. The van der Waals surface area contributed by atoms with Gasteiger partial charge in [-0.05, 0) is 39.3 Å². The maximum Gasteiger partial charge on any atom is 0.240 e. The standard InChI is InChI=1S/C23H35N5O3/c1-5-30-19(3)22-24-21(31-25-22)17-27-12-9-13-28(15-14-27)18(2)23(29)26(4)16-20-10-7-6-8-11-20/h6-8,10-11,18-19H,5,9,12-17H2,1-4H3/t18-,19+/m0/s1. The van der Waals surface area contributed by atoms with Crippen molar-refractivity contribution in [2.45, 2.75) is 52.4 Å². The van der Waals surface area contributed by atoms with Crippen molar-refractivity contribution < 1.29 is 14.1 Å². The Kier molecular flexibility index (Phi) is 8.57. The zero-order valence-corrected chi connectivity index (χ0v) is 19.2. The SMILES string of the molecule is CCO[C@H](C)c1noc(CN2CCCN([C@@H](C)C(=O)N(C)Cc3ccccc3)CC2)n1. The molecule has 0 radical (unpaired) electrons. The van der Waals surface area contributed by atoms with Gasteiger partial charge in [-0.3, -0.25) is 14.6 Å².